The highest BCUT2D eigenvalue weighted by Gasteiger charge is 2.53. The Morgan fingerprint density at radius 3 is 2.47 bits per heavy atom. The minimum atomic E-state index is 0.225. The van der Waals surface area contributed by atoms with E-state index in [4.69, 9.17) is 0 Å². The van der Waals surface area contributed by atoms with E-state index in [1.165, 1.54) is 18.4 Å². The summed E-state index contributed by atoms with van der Waals surface area (Å²) in [7, 11) is 0. The predicted octanol–water partition coefficient (Wildman–Crippen LogP) is 3.93. The molecule has 1 aromatic carbocycles. The predicted molar refractivity (Wildman–Crippen MR) is 77.9 cm³/mol. The molecule has 0 aromatic heterocycles. The zero-order chi connectivity index (χ0) is 13.2. The summed E-state index contributed by atoms with van der Waals surface area (Å²) in [5, 5.41) is 3.08. The van der Waals surface area contributed by atoms with Gasteiger partial charge in [0.05, 0.1) is 0 Å². The van der Waals surface area contributed by atoms with Gasteiger partial charge in [-0.25, -0.2) is 0 Å². The highest BCUT2D eigenvalue weighted by atomic mass is 16.2. The zero-order valence-corrected chi connectivity index (χ0v) is 11.4. The Bertz CT molecular complexity index is 490. The van der Waals surface area contributed by atoms with Crippen LogP contribution < -0.4 is 5.32 Å². The number of allylic oxidation sites excluding steroid dienone is 2. The Hall–Kier alpha value is -1.57. The van der Waals surface area contributed by atoms with E-state index < -0.39 is 0 Å². The van der Waals surface area contributed by atoms with Crippen molar-refractivity contribution in [1.29, 1.82) is 0 Å². The first-order chi connectivity index (χ1) is 9.25. The van der Waals surface area contributed by atoms with Crippen LogP contribution in [-0.4, -0.2) is 5.91 Å². The molecule has 100 valence electrons. The molecule has 2 aliphatic rings. The van der Waals surface area contributed by atoms with Gasteiger partial charge in [0.1, 0.15) is 0 Å². The third-order valence-corrected chi connectivity index (χ3v) is 4.42. The molecule has 0 spiro atoms. The number of hydrogen-bond donors (Lipinski definition) is 1. The van der Waals surface area contributed by atoms with Crippen molar-refractivity contribution in [3.8, 4) is 0 Å². The van der Waals surface area contributed by atoms with Crippen molar-refractivity contribution in [3.05, 3.63) is 42.0 Å². The number of anilines is 1. The molecule has 1 fully saturated rings. The zero-order valence-electron chi connectivity index (χ0n) is 11.4. The molecule has 2 atom stereocenters. The molecule has 2 aliphatic carbocycles. The summed E-state index contributed by atoms with van der Waals surface area (Å²) in [6.45, 7) is 2.05. The van der Waals surface area contributed by atoms with Crippen molar-refractivity contribution in [2.75, 3.05) is 5.32 Å². The van der Waals surface area contributed by atoms with Crippen LogP contribution in [-0.2, 0) is 4.79 Å². The number of carbonyl (C=O) groups is 1. The molecule has 0 bridgehead atoms. The van der Waals surface area contributed by atoms with Gasteiger partial charge in [0.15, 0.2) is 0 Å². The Kier molecular flexibility index (Phi) is 3.41. The first-order valence-corrected chi connectivity index (χ1v) is 7.28. The monoisotopic (exact) mass is 255 g/mol. The second kappa shape index (κ2) is 5.20. The smallest absolute Gasteiger partial charge is 0.228 e. The van der Waals surface area contributed by atoms with Crippen molar-refractivity contribution in [2.24, 2.45) is 17.8 Å². The molecule has 1 saturated carbocycles. The van der Waals surface area contributed by atoms with Gasteiger partial charge in [-0.15, -0.1) is 0 Å². The average molecular weight is 255 g/mol. The van der Waals surface area contributed by atoms with Crippen LogP contribution in [0.4, 0.5) is 5.69 Å². The van der Waals surface area contributed by atoms with Crippen molar-refractivity contribution < 1.29 is 4.79 Å². The Balaban J connectivity index is 1.63. The highest BCUT2D eigenvalue weighted by molar-refractivity contribution is 5.94. The van der Waals surface area contributed by atoms with Crippen LogP contribution in [0.25, 0.3) is 0 Å². The number of hydrogen-bond acceptors (Lipinski definition) is 1. The molecule has 0 aliphatic heterocycles. The maximum absolute atomic E-state index is 12.3. The largest absolute Gasteiger partial charge is 0.326 e. The van der Waals surface area contributed by atoms with E-state index in [0.717, 1.165) is 18.5 Å². The molecule has 1 N–H and O–H groups in total. The van der Waals surface area contributed by atoms with Gasteiger partial charge in [-0.2, -0.15) is 0 Å². The van der Waals surface area contributed by atoms with Gasteiger partial charge in [-0.3, -0.25) is 4.79 Å². The van der Waals surface area contributed by atoms with Gasteiger partial charge in [0.25, 0.3) is 0 Å². The van der Waals surface area contributed by atoms with Gasteiger partial charge < -0.3 is 5.32 Å². The van der Waals surface area contributed by atoms with Gasteiger partial charge in [0.2, 0.25) is 5.91 Å². The molecular formula is C17H21NO. The number of carbonyl (C=O) groups excluding carboxylic acids is 1. The number of benzene rings is 1. The molecular weight excluding hydrogens is 234 g/mol. The first kappa shape index (κ1) is 12.5. The maximum atomic E-state index is 12.3. The summed E-state index contributed by atoms with van der Waals surface area (Å²) in [5.41, 5.74) is 2.12. The molecule has 3 rings (SSSR count). The topological polar surface area (TPSA) is 29.1 Å². The van der Waals surface area contributed by atoms with Crippen LogP contribution in [0.2, 0.25) is 0 Å². The summed E-state index contributed by atoms with van der Waals surface area (Å²) in [4.78, 5) is 12.3. The summed E-state index contributed by atoms with van der Waals surface area (Å²) in [5.74, 6) is 1.72. The van der Waals surface area contributed by atoms with E-state index in [2.05, 4.69) is 17.5 Å². The van der Waals surface area contributed by atoms with E-state index in [1.807, 2.05) is 31.2 Å². The lowest BCUT2D eigenvalue weighted by Gasteiger charge is -2.05. The summed E-state index contributed by atoms with van der Waals surface area (Å²) >= 11 is 0. The van der Waals surface area contributed by atoms with E-state index in [-0.39, 0.29) is 11.8 Å². The van der Waals surface area contributed by atoms with Crippen molar-refractivity contribution in [1.82, 2.24) is 0 Å². The first-order valence-electron chi connectivity index (χ1n) is 7.28. The third-order valence-electron chi connectivity index (χ3n) is 4.42. The SMILES string of the molecule is Cc1cccc(NC(=O)C2[C@H]3CCC=CCC[C@H]23)c1. The van der Waals surface area contributed by atoms with Crippen LogP contribution >= 0.6 is 0 Å². The minimum absolute atomic E-state index is 0.225. The Morgan fingerprint density at radius 1 is 1.16 bits per heavy atom. The average Bonchev–Trinajstić information content (AvgIpc) is 3.00. The molecule has 0 heterocycles. The van der Waals surface area contributed by atoms with E-state index in [1.54, 1.807) is 0 Å². The molecule has 1 amide bonds. The molecule has 0 unspecified atom stereocenters. The number of aryl methyl sites for hydroxylation is 1. The standard InChI is InChI=1S/C17H21NO/c1-12-7-6-8-13(11-12)18-17(19)16-14-9-4-2-3-5-10-15(14)16/h2-3,6-8,11,14-16H,4-5,9-10H2,1H3,(H,18,19)/t14-,15-/m0/s1. The van der Waals surface area contributed by atoms with Crippen molar-refractivity contribution in [3.63, 3.8) is 0 Å². The number of amides is 1. The van der Waals surface area contributed by atoms with E-state index in [9.17, 15) is 4.79 Å². The Labute approximate surface area is 114 Å². The van der Waals surface area contributed by atoms with Gasteiger partial charge >= 0.3 is 0 Å². The molecule has 2 nitrogen and oxygen atoms in total. The fourth-order valence-corrected chi connectivity index (χ4v) is 3.38. The van der Waals surface area contributed by atoms with Crippen LogP contribution in [0.1, 0.15) is 31.2 Å². The minimum Gasteiger partial charge on any atom is -0.326 e. The Morgan fingerprint density at radius 2 is 1.84 bits per heavy atom. The van der Waals surface area contributed by atoms with Crippen molar-refractivity contribution >= 4 is 11.6 Å². The molecule has 2 heteroatoms. The third kappa shape index (κ3) is 2.73. The quantitative estimate of drug-likeness (QED) is 0.797. The number of nitrogens with one attached hydrogen (secondary N) is 1. The lowest BCUT2D eigenvalue weighted by atomic mass is 10.1. The second-order valence-electron chi connectivity index (χ2n) is 5.84. The number of rotatable bonds is 2. The van der Waals surface area contributed by atoms with Gasteiger partial charge in [-0.05, 0) is 62.1 Å². The number of fused-ring (bicyclic) bond motifs is 1. The summed E-state index contributed by atoms with van der Waals surface area (Å²) in [6.07, 6.45) is 9.15. The van der Waals surface area contributed by atoms with Crippen LogP contribution in [0, 0.1) is 24.7 Å². The fraction of sp³-hybridized carbons (Fsp3) is 0.471. The van der Waals surface area contributed by atoms with Gasteiger partial charge in [-0.1, -0.05) is 24.3 Å². The van der Waals surface area contributed by atoms with Gasteiger partial charge in [0, 0.05) is 11.6 Å². The van der Waals surface area contributed by atoms with Crippen molar-refractivity contribution in [2.45, 2.75) is 32.6 Å². The molecule has 0 radical (unpaired) electrons. The maximum Gasteiger partial charge on any atom is 0.228 e. The fourth-order valence-electron chi connectivity index (χ4n) is 3.38. The molecule has 0 saturated heterocycles. The van der Waals surface area contributed by atoms with E-state index >= 15 is 0 Å². The molecule has 1 aromatic rings. The summed E-state index contributed by atoms with van der Waals surface area (Å²) in [6, 6.07) is 8.04. The molecule has 19 heavy (non-hydrogen) atoms. The van der Waals surface area contributed by atoms with Crippen LogP contribution in [0.3, 0.4) is 0 Å². The summed E-state index contributed by atoms with van der Waals surface area (Å²) < 4.78 is 0. The second-order valence-corrected chi connectivity index (χ2v) is 5.84. The normalized spacial score (nSPS) is 29.0. The van der Waals surface area contributed by atoms with E-state index in [0.29, 0.717) is 11.8 Å². The van der Waals surface area contributed by atoms with Crippen LogP contribution in [0.15, 0.2) is 36.4 Å². The van der Waals surface area contributed by atoms with Crippen LogP contribution in [0.5, 0.6) is 0 Å². The highest BCUT2D eigenvalue weighted by Crippen LogP contribution is 2.53. The lowest BCUT2D eigenvalue weighted by Crippen LogP contribution is -2.15. The lowest BCUT2D eigenvalue weighted by molar-refractivity contribution is -0.117.